The van der Waals surface area contributed by atoms with Gasteiger partial charge in [-0.15, -0.1) is 0 Å². The summed E-state index contributed by atoms with van der Waals surface area (Å²) in [6, 6.07) is 2.30. The lowest BCUT2D eigenvalue weighted by atomic mass is 10.0. The minimum atomic E-state index is -4.39. The number of nitrogens with one attached hydrogen (secondary N) is 2. The number of aryl methyl sites for hydroxylation is 2. The third kappa shape index (κ3) is 7.20. The zero-order valence-corrected chi connectivity index (χ0v) is 28.1. The quantitative estimate of drug-likeness (QED) is 0.249. The fourth-order valence-electron chi connectivity index (χ4n) is 6.24. The third-order valence-electron chi connectivity index (χ3n) is 8.69. The summed E-state index contributed by atoms with van der Waals surface area (Å²) in [6.45, 7) is 9.77. The van der Waals surface area contributed by atoms with Crippen LogP contribution in [0, 0.1) is 6.92 Å². The molecule has 2 amide bonds. The molecule has 0 bridgehead atoms. The molecule has 1 aliphatic carbocycles. The molecule has 6 rings (SSSR count). The number of alkyl halides is 3. The van der Waals surface area contributed by atoms with Crippen LogP contribution in [0.2, 0.25) is 0 Å². The number of carbonyl (C=O) groups is 2. The number of carbonyl (C=O) groups excluding carboxylic acids is 2. The predicted octanol–water partition coefficient (Wildman–Crippen LogP) is 5.59. The van der Waals surface area contributed by atoms with Crippen molar-refractivity contribution in [2.45, 2.75) is 96.7 Å². The number of anilines is 2. The zero-order valence-electron chi connectivity index (χ0n) is 28.1. The highest BCUT2D eigenvalue weighted by Gasteiger charge is 2.41. The van der Waals surface area contributed by atoms with Crippen LogP contribution >= 0.6 is 0 Å². The molecule has 1 saturated carbocycles. The van der Waals surface area contributed by atoms with Gasteiger partial charge in [-0.2, -0.15) is 18.3 Å². The third-order valence-corrected chi connectivity index (χ3v) is 8.69. The first-order valence-electron chi connectivity index (χ1n) is 16.3. The lowest BCUT2D eigenvalue weighted by Crippen LogP contribution is -2.50. The molecule has 1 saturated heterocycles. The lowest BCUT2D eigenvalue weighted by molar-refractivity contribution is -0.151. The number of benzene rings is 1. The largest absolute Gasteiger partial charge is 0.444 e. The number of ether oxygens (including phenoxy) is 1. The van der Waals surface area contributed by atoms with Crippen molar-refractivity contribution in [1.29, 1.82) is 0 Å². The van der Waals surface area contributed by atoms with Gasteiger partial charge in [-0.25, -0.2) is 9.78 Å². The monoisotopic (exact) mass is 669 g/mol. The number of aromatic nitrogens is 5. The Bertz CT molecular complexity index is 1830. The number of fused-ring (bicyclic) bond motifs is 2. The van der Waals surface area contributed by atoms with E-state index >= 15 is 0 Å². The molecule has 48 heavy (non-hydrogen) atoms. The van der Waals surface area contributed by atoms with Gasteiger partial charge in [-0.1, -0.05) is 0 Å². The molecular formula is C33H42F3N9O3. The van der Waals surface area contributed by atoms with Gasteiger partial charge in [0.05, 0.1) is 23.1 Å². The maximum atomic E-state index is 13.6. The molecule has 258 valence electrons. The van der Waals surface area contributed by atoms with Crippen molar-refractivity contribution >= 4 is 40.1 Å². The fourth-order valence-corrected chi connectivity index (χ4v) is 6.24. The summed E-state index contributed by atoms with van der Waals surface area (Å²) in [4.78, 5) is 39.8. The number of hydrogen-bond acceptors (Lipinski definition) is 8. The van der Waals surface area contributed by atoms with E-state index in [4.69, 9.17) is 4.74 Å². The van der Waals surface area contributed by atoms with Crippen LogP contribution in [-0.2, 0) is 18.3 Å². The van der Waals surface area contributed by atoms with Crippen molar-refractivity contribution in [3.8, 4) is 0 Å². The van der Waals surface area contributed by atoms with Gasteiger partial charge < -0.3 is 29.6 Å². The molecule has 1 aliphatic heterocycles. The molecule has 2 N–H and O–H groups in total. The lowest BCUT2D eigenvalue weighted by Gasteiger charge is -2.40. The molecule has 0 radical (unpaired) electrons. The van der Waals surface area contributed by atoms with E-state index in [1.54, 1.807) is 41.5 Å². The molecule has 1 aromatic carbocycles. The highest BCUT2D eigenvalue weighted by atomic mass is 19.4. The van der Waals surface area contributed by atoms with E-state index < -0.39 is 23.7 Å². The summed E-state index contributed by atoms with van der Waals surface area (Å²) in [5, 5.41) is 10.7. The van der Waals surface area contributed by atoms with Crippen LogP contribution in [0.25, 0.3) is 16.6 Å². The Kier molecular flexibility index (Phi) is 8.77. The van der Waals surface area contributed by atoms with Gasteiger partial charge in [-0.3, -0.25) is 14.5 Å². The minimum Gasteiger partial charge on any atom is -0.444 e. The van der Waals surface area contributed by atoms with Crippen molar-refractivity contribution in [2.24, 2.45) is 7.05 Å². The van der Waals surface area contributed by atoms with Crippen molar-refractivity contribution in [3.63, 3.8) is 0 Å². The summed E-state index contributed by atoms with van der Waals surface area (Å²) in [6.07, 6.45) is 4.17. The number of amides is 2. The molecule has 3 aromatic heterocycles. The van der Waals surface area contributed by atoms with Crippen LogP contribution in [0.15, 0.2) is 30.7 Å². The molecule has 12 nitrogen and oxygen atoms in total. The second-order valence-corrected chi connectivity index (χ2v) is 13.8. The topological polar surface area (TPSA) is 122 Å². The van der Waals surface area contributed by atoms with E-state index in [1.165, 1.54) is 0 Å². The normalized spacial score (nSPS) is 16.8. The van der Waals surface area contributed by atoms with E-state index in [-0.39, 0.29) is 30.5 Å². The molecule has 1 unspecified atom stereocenters. The number of imidazole rings is 1. The number of rotatable bonds is 8. The van der Waals surface area contributed by atoms with E-state index in [1.807, 2.05) is 37.9 Å². The second-order valence-electron chi connectivity index (χ2n) is 13.8. The first-order chi connectivity index (χ1) is 22.6. The Hall–Kier alpha value is -4.40. The van der Waals surface area contributed by atoms with Crippen molar-refractivity contribution in [1.82, 2.24) is 34.4 Å². The Balaban J connectivity index is 1.18. The molecule has 4 aromatic rings. The number of nitrogens with zero attached hydrogens (tertiary/aromatic N) is 7. The summed E-state index contributed by atoms with van der Waals surface area (Å²) in [5.74, 6) is -0.183. The molecule has 4 heterocycles. The number of hydrogen-bond donors (Lipinski definition) is 2. The molecule has 1 atom stereocenters. The maximum absolute atomic E-state index is 13.6. The van der Waals surface area contributed by atoms with Crippen LogP contribution in [0.1, 0.15) is 75.1 Å². The molecule has 0 spiro atoms. The zero-order chi connectivity index (χ0) is 34.5. The first-order valence-corrected chi connectivity index (χ1v) is 16.3. The van der Waals surface area contributed by atoms with Crippen LogP contribution in [0.5, 0.6) is 0 Å². The maximum Gasteiger partial charge on any atom is 0.410 e. The standard InChI is InChI=1S/C33H42F3N9O3/c1-19-16-44-18-27(39-29(44)25(38-19)15-37-20(2)33(34,35)36)40-30(46)23-9-10-26(24-17-42(6)41-28(23)24)43-13-11-22(12-14-43)45(21-7-8-21)31(47)48-32(3,4)5/h9-10,16-18,20-22,37H,7-8,11-15H2,1-6H3,(H,40,46). The Morgan fingerprint density at radius 1 is 1.04 bits per heavy atom. The highest BCUT2D eigenvalue weighted by molar-refractivity contribution is 6.13. The van der Waals surface area contributed by atoms with Gasteiger partial charge in [0.2, 0.25) is 0 Å². The van der Waals surface area contributed by atoms with E-state index in [9.17, 15) is 22.8 Å². The van der Waals surface area contributed by atoms with E-state index in [0.29, 0.717) is 28.1 Å². The SMILES string of the molecule is Cc1cn2cc(NC(=O)c3ccc(N4CCC(N(C(=O)OC(C)(C)C)C5CC5)CC4)c4cn(C)nc34)nc2c(CNC(C)C(F)(F)F)n1. The van der Waals surface area contributed by atoms with Crippen LogP contribution in [0.4, 0.5) is 29.5 Å². The Morgan fingerprint density at radius 2 is 1.73 bits per heavy atom. The number of piperidine rings is 1. The van der Waals surface area contributed by atoms with Crippen LogP contribution in [0.3, 0.4) is 0 Å². The van der Waals surface area contributed by atoms with Gasteiger partial charge in [0.15, 0.2) is 11.5 Å². The van der Waals surface area contributed by atoms with Gasteiger partial charge >= 0.3 is 12.3 Å². The first kappa shape index (κ1) is 33.5. The van der Waals surface area contributed by atoms with Gasteiger partial charge in [-0.05, 0) is 72.4 Å². The Labute approximate surface area is 276 Å². The van der Waals surface area contributed by atoms with Crippen molar-refractivity contribution in [3.05, 3.63) is 47.7 Å². The average molecular weight is 670 g/mol. The fraction of sp³-hybridized carbons (Fsp3) is 0.545. The van der Waals surface area contributed by atoms with Gasteiger partial charge in [0.25, 0.3) is 5.91 Å². The Morgan fingerprint density at radius 3 is 2.38 bits per heavy atom. The van der Waals surface area contributed by atoms with Crippen molar-refractivity contribution in [2.75, 3.05) is 23.3 Å². The molecule has 15 heteroatoms. The summed E-state index contributed by atoms with van der Waals surface area (Å²) in [5.41, 5.74) is 2.57. The van der Waals surface area contributed by atoms with E-state index in [2.05, 4.69) is 30.6 Å². The second kappa shape index (κ2) is 12.6. The van der Waals surface area contributed by atoms with Crippen LogP contribution in [-0.4, -0.2) is 84.0 Å². The summed E-state index contributed by atoms with van der Waals surface area (Å²) >= 11 is 0. The minimum absolute atomic E-state index is 0.104. The predicted molar refractivity (Wildman–Crippen MR) is 175 cm³/mol. The molecular weight excluding hydrogens is 627 g/mol. The van der Waals surface area contributed by atoms with Crippen LogP contribution < -0.4 is 15.5 Å². The average Bonchev–Trinajstić information content (AvgIpc) is 3.61. The summed E-state index contributed by atoms with van der Waals surface area (Å²) in [7, 11) is 1.80. The number of halogens is 3. The molecule has 2 aliphatic rings. The van der Waals surface area contributed by atoms with E-state index in [0.717, 1.165) is 56.8 Å². The molecule has 2 fully saturated rings. The van der Waals surface area contributed by atoms with Gasteiger partial charge in [0.1, 0.15) is 17.2 Å². The smallest absolute Gasteiger partial charge is 0.410 e. The highest BCUT2D eigenvalue weighted by Crippen LogP contribution is 2.36. The summed E-state index contributed by atoms with van der Waals surface area (Å²) < 4.78 is 48.2. The van der Waals surface area contributed by atoms with Gasteiger partial charge in [0, 0.05) is 62.2 Å². The van der Waals surface area contributed by atoms with Crippen molar-refractivity contribution < 1.29 is 27.5 Å².